The molecule has 1 fully saturated rings. The molecule has 0 amide bonds. The zero-order chi connectivity index (χ0) is 11.3. The Bertz CT molecular complexity index is 233. The molecule has 2 heteroatoms. The Balaban J connectivity index is 2.36. The summed E-state index contributed by atoms with van der Waals surface area (Å²) in [6.45, 7) is 5.91. The first-order chi connectivity index (χ1) is 7.09. The Morgan fingerprint density at radius 3 is 2.40 bits per heavy atom. The van der Waals surface area contributed by atoms with Crippen LogP contribution in [0.15, 0.2) is 11.6 Å². The second kappa shape index (κ2) is 5.94. The van der Waals surface area contributed by atoms with E-state index >= 15 is 0 Å². The van der Waals surface area contributed by atoms with Crippen LogP contribution in [0.5, 0.6) is 0 Å². The van der Waals surface area contributed by atoms with Crippen LogP contribution in [-0.4, -0.2) is 12.1 Å². The van der Waals surface area contributed by atoms with Crippen molar-refractivity contribution in [3.05, 3.63) is 11.6 Å². The molecule has 1 rings (SSSR count). The van der Waals surface area contributed by atoms with Crippen molar-refractivity contribution in [3.8, 4) is 0 Å². The molecular weight excluding hydrogens is 188 g/mol. The van der Waals surface area contributed by atoms with Gasteiger partial charge < -0.3 is 4.74 Å². The molecule has 1 aliphatic rings. The quantitative estimate of drug-likeness (QED) is 0.526. The Morgan fingerprint density at radius 1 is 1.27 bits per heavy atom. The second-order valence-corrected chi connectivity index (χ2v) is 4.73. The average Bonchev–Trinajstić information content (AvgIpc) is 2.18. The molecule has 0 aromatic heterocycles. The summed E-state index contributed by atoms with van der Waals surface area (Å²) < 4.78 is 5.47. The van der Waals surface area contributed by atoms with E-state index in [0.29, 0.717) is 0 Å². The highest BCUT2D eigenvalue weighted by molar-refractivity contribution is 5.74. The summed E-state index contributed by atoms with van der Waals surface area (Å²) in [5, 5.41) is 0. The van der Waals surface area contributed by atoms with E-state index in [9.17, 15) is 4.79 Å². The Morgan fingerprint density at radius 2 is 1.87 bits per heavy atom. The smallest absolute Gasteiger partial charge is 0.312 e. The van der Waals surface area contributed by atoms with Crippen molar-refractivity contribution in [3.63, 3.8) is 0 Å². The van der Waals surface area contributed by atoms with E-state index < -0.39 is 0 Å². The first kappa shape index (κ1) is 12.3. The van der Waals surface area contributed by atoms with Crippen LogP contribution in [0.3, 0.4) is 0 Å². The Labute approximate surface area is 92.7 Å². The molecule has 1 atom stereocenters. The summed E-state index contributed by atoms with van der Waals surface area (Å²) in [7, 11) is 0. The minimum absolute atomic E-state index is 0.0666. The van der Waals surface area contributed by atoms with Crippen molar-refractivity contribution in [1.82, 2.24) is 0 Å². The van der Waals surface area contributed by atoms with Crippen molar-refractivity contribution in [2.45, 2.75) is 59.0 Å². The van der Waals surface area contributed by atoms with Crippen molar-refractivity contribution < 1.29 is 9.53 Å². The number of carbonyl (C=O) groups excluding carboxylic acids is 1. The van der Waals surface area contributed by atoms with E-state index in [1.54, 1.807) is 0 Å². The number of hydrogen-bond acceptors (Lipinski definition) is 2. The lowest BCUT2D eigenvalue weighted by atomic mass is 9.97. The third kappa shape index (κ3) is 4.50. The Kier molecular flexibility index (Phi) is 4.86. The molecule has 86 valence electrons. The van der Waals surface area contributed by atoms with Gasteiger partial charge in [0.25, 0.3) is 0 Å². The first-order valence-electron chi connectivity index (χ1n) is 5.95. The molecule has 0 radical (unpaired) electrons. The fraction of sp³-hybridized carbons (Fsp3) is 0.769. The molecule has 0 N–H and O–H groups in total. The van der Waals surface area contributed by atoms with Crippen molar-refractivity contribution in [2.75, 3.05) is 0 Å². The van der Waals surface area contributed by atoms with Gasteiger partial charge in [0, 0.05) is 0 Å². The van der Waals surface area contributed by atoms with Crippen LogP contribution in [0.2, 0.25) is 0 Å². The van der Waals surface area contributed by atoms with E-state index in [1.165, 1.54) is 24.8 Å². The van der Waals surface area contributed by atoms with Crippen molar-refractivity contribution in [2.24, 2.45) is 5.92 Å². The SMILES string of the molecule is CC(C)=C[C@H](C)C(=O)OC1CCCCC1. The lowest BCUT2D eigenvalue weighted by Gasteiger charge is -2.22. The normalized spacial score (nSPS) is 19.4. The van der Waals surface area contributed by atoms with Gasteiger partial charge in [-0.2, -0.15) is 0 Å². The van der Waals surface area contributed by atoms with Gasteiger partial charge in [-0.3, -0.25) is 4.79 Å². The fourth-order valence-electron chi connectivity index (χ4n) is 2.02. The van der Waals surface area contributed by atoms with E-state index in [4.69, 9.17) is 4.74 Å². The van der Waals surface area contributed by atoms with E-state index in [0.717, 1.165) is 12.8 Å². The molecule has 0 spiro atoms. The summed E-state index contributed by atoms with van der Waals surface area (Å²) in [6.07, 6.45) is 7.94. The molecule has 2 nitrogen and oxygen atoms in total. The van der Waals surface area contributed by atoms with Crippen LogP contribution in [0, 0.1) is 5.92 Å². The van der Waals surface area contributed by atoms with Crippen molar-refractivity contribution >= 4 is 5.97 Å². The van der Waals surface area contributed by atoms with Gasteiger partial charge in [0.2, 0.25) is 0 Å². The maximum absolute atomic E-state index is 11.7. The maximum Gasteiger partial charge on any atom is 0.312 e. The molecule has 0 heterocycles. The van der Waals surface area contributed by atoms with Gasteiger partial charge >= 0.3 is 5.97 Å². The number of esters is 1. The molecule has 1 saturated carbocycles. The molecule has 0 aromatic rings. The molecule has 0 aliphatic heterocycles. The third-order valence-electron chi connectivity index (χ3n) is 2.79. The molecule has 15 heavy (non-hydrogen) atoms. The average molecular weight is 210 g/mol. The van der Waals surface area contributed by atoms with E-state index in [1.807, 2.05) is 26.8 Å². The summed E-state index contributed by atoms with van der Waals surface area (Å²) in [4.78, 5) is 11.7. The minimum atomic E-state index is -0.100. The van der Waals surface area contributed by atoms with Gasteiger partial charge in [0.15, 0.2) is 0 Å². The van der Waals surface area contributed by atoms with Gasteiger partial charge in [-0.05, 0) is 46.5 Å². The number of ether oxygens (including phenoxy) is 1. The highest BCUT2D eigenvalue weighted by Gasteiger charge is 2.20. The molecule has 0 saturated heterocycles. The maximum atomic E-state index is 11.7. The molecule has 0 bridgehead atoms. The summed E-state index contributed by atoms with van der Waals surface area (Å²) in [5.41, 5.74) is 1.17. The van der Waals surface area contributed by atoms with Crippen LogP contribution in [-0.2, 0) is 9.53 Å². The summed E-state index contributed by atoms with van der Waals surface area (Å²) >= 11 is 0. The Hall–Kier alpha value is -0.790. The van der Waals surface area contributed by atoms with Gasteiger partial charge in [-0.15, -0.1) is 0 Å². The number of hydrogen-bond donors (Lipinski definition) is 0. The van der Waals surface area contributed by atoms with E-state index in [2.05, 4.69) is 0 Å². The molecule has 0 unspecified atom stereocenters. The van der Waals surface area contributed by atoms with Crippen LogP contribution < -0.4 is 0 Å². The van der Waals surface area contributed by atoms with Crippen LogP contribution in [0.4, 0.5) is 0 Å². The molecule has 0 aromatic carbocycles. The number of carbonyl (C=O) groups is 1. The lowest BCUT2D eigenvalue weighted by Crippen LogP contribution is -2.24. The third-order valence-corrected chi connectivity index (χ3v) is 2.79. The second-order valence-electron chi connectivity index (χ2n) is 4.73. The lowest BCUT2D eigenvalue weighted by molar-refractivity contribution is -0.153. The minimum Gasteiger partial charge on any atom is -0.462 e. The first-order valence-corrected chi connectivity index (χ1v) is 5.95. The highest BCUT2D eigenvalue weighted by Crippen LogP contribution is 2.21. The standard InChI is InChI=1S/C13H22O2/c1-10(2)9-11(3)13(14)15-12-7-5-4-6-8-12/h9,11-12H,4-8H2,1-3H3/t11-/m0/s1. The highest BCUT2D eigenvalue weighted by atomic mass is 16.5. The molecule has 1 aliphatic carbocycles. The van der Waals surface area contributed by atoms with Crippen LogP contribution >= 0.6 is 0 Å². The van der Waals surface area contributed by atoms with Gasteiger partial charge in [0.05, 0.1) is 5.92 Å². The predicted octanol–water partition coefficient (Wildman–Crippen LogP) is 3.46. The van der Waals surface area contributed by atoms with Crippen LogP contribution in [0.25, 0.3) is 0 Å². The van der Waals surface area contributed by atoms with Crippen LogP contribution in [0.1, 0.15) is 52.9 Å². The monoisotopic (exact) mass is 210 g/mol. The number of allylic oxidation sites excluding steroid dienone is 1. The zero-order valence-electron chi connectivity index (χ0n) is 10.1. The van der Waals surface area contributed by atoms with Gasteiger partial charge in [-0.25, -0.2) is 0 Å². The van der Waals surface area contributed by atoms with Gasteiger partial charge in [-0.1, -0.05) is 18.1 Å². The largest absolute Gasteiger partial charge is 0.462 e. The predicted molar refractivity (Wildman–Crippen MR) is 61.6 cm³/mol. The van der Waals surface area contributed by atoms with E-state index in [-0.39, 0.29) is 18.0 Å². The summed E-state index contributed by atoms with van der Waals surface area (Å²) in [6, 6.07) is 0. The topological polar surface area (TPSA) is 26.3 Å². The van der Waals surface area contributed by atoms with Gasteiger partial charge in [0.1, 0.15) is 6.10 Å². The number of rotatable bonds is 3. The zero-order valence-corrected chi connectivity index (χ0v) is 10.1. The molecular formula is C13H22O2. The summed E-state index contributed by atoms with van der Waals surface area (Å²) in [5.74, 6) is -0.167. The fourth-order valence-corrected chi connectivity index (χ4v) is 2.02. The van der Waals surface area contributed by atoms with Crippen molar-refractivity contribution in [1.29, 1.82) is 0 Å².